The summed E-state index contributed by atoms with van der Waals surface area (Å²) in [5.74, 6) is 2.86. The molecule has 3 aliphatic rings. The first kappa shape index (κ1) is 16.0. The van der Waals surface area contributed by atoms with Gasteiger partial charge in [-0.25, -0.2) is 0 Å². The molecule has 0 bridgehead atoms. The smallest absolute Gasteiger partial charge is 0.00993 e. The second-order valence-corrected chi connectivity index (χ2v) is 11.9. The number of allylic oxidation sites excluding steroid dienone is 4. The molecule has 0 radical (unpaired) electrons. The highest BCUT2D eigenvalue weighted by Gasteiger charge is 2.43. The van der Waals surface area contributed by atoms with Crippen LogP contribution >= 0.6 is 10.0 Å². The van der Waals surface area contributed by atoms with Gasteiger partial charge in [0.1, 0.15) is 0 Å². The standard InChI is InChI=1S/C26H26S/c1-17-19-9-3-4-10-20(19)18(2)25-21(17)13-14-23-22-11-5-6-12-24(22)27(26(23)25)15-7-8-16-27/h3-5,9-11,13-14H,6-8,12,15-16H2,1-2H3. The summed E-state index contributed by atoms with van der Waals surface area (Å²) in [4.78, 5) is 3.61. The maximum Gasteiger partial charge on any atom is 0.00993 e. The van der Waals surface area contributed by atoms with Crippen molar-refractivity contribution in [1.82, 2.24) is 0 Å². The predicted octanol–water partition coefficient (Wildman–Crippen LogP) is 7.64. The van der Waals surface area contributed by atoms with Crippen LogP contribution in [0.3, 0.4) is 0 Å². The van der Waals surface area contributed by atoms with Crippen molar-refractivity contribution in [1.29, 1.82) is 0 Å². The van der Waals surface area contributed by atoms with Gasteiger partial charge in [0.05, 0.1) is 0 Å². The van der Waals surface area contributed by atoms with Crippen LogP contribution in [0.25, 0.3) is 27.1 Å². The van der Waals surface area contributed by atoms with Gasteiger partial charge in [0, 0.05) is 4.90 Å². The molecule has 0 amide bonds. The minimum absolute atomic E-state index is 0.792. The number of hydrogen-bond donors (Lipinski definition) is 0. The summed E-state index contributed by atoms with van der Waals surface area (Å²) in [7, 11) is -0.792. The van der Waals surface area contributed by atoms with Crippen LogP contribution in [0.1, 0.15) is 42.4 Å². The van der Waals surface area contributed by atoms with Crippen LogP contribution in [-0.4, -0.2) is 11.5 Å². The second kappa shape index (κ2) is 5.52. The minimum Gasteiger partial charge on any atom is -0.190 e. The van der Waals surface area contributed by atoms with E-state index in [1.54, 1.807) is 21.4 Å². The van der Waals surface area contributed by atoms with Crippen molar-refractivity contribution in [2.24, 2.45) is 0 Å². The largest absolute Gasteiger partial charge is 0.190 e. The third-order valence-electron chi connectivity index (χ3n) is 7.18. The first-order chi connectivity index (χ1) is 13.2. The topological polar surface area (TPSA) is 0 Å². The fraction of sp³-hybridized carbons (Fsp3) is 0.308. The molecule has 1 spiro atoms. The fourth-order valence-electron chi connectivity index (χ4n) is 5.96. The third-order valence-corrected chi connectivity index (χ3v) is 11.7. The number of rotatable bonds is 0. The van der Waals surface area contributed by atoms with E-state index in [1.807, 2.05) is 4.91 Å². The van der Waals surface area contributed by atoms with E-state index in [9.17, 15) is 0 Å². The van der Waals surface area contributed by atoms with E-state index in [2.05, 4.69) is 62.4 Å². The van der Waals surface area contributed by atoms with E-state index in [-0.39, 0.29) is 0 Å². The van der Waals surface area contributed by atoms with Crippen LogP contribution in [0.15, 0.2) is 58.4 Å². The van der Waals surface area contributed by atoms with E-state index < -0.39 is 10.0 Å². The van der Waals surface area contributed by atoms with Crippen molar-refractivity contribution in [2.45, 2.75) is 44.4 Å². The lowest BCUT2D eigenvalue weighted by Gasteiger charge is -2.37. The van der Waals surface area contributed by atoms with Crippen molar-refractivity contribution < 1.29 is 0 Å². The van der Waals surface area contributed by atoms with Gasteiger partial charge in [0.2, 0.25) is 0 Å². The van der Waals surface area contributed by atoms with Crippen LogP contribution in [0.5, 0.6) is 0 Å². The molecule has 6 rings (SSSR count). The van der Waals surface area contributed by atoms with E-state index in [1.165, 1.54) is 64.5 Å². The Morgan fingerprint density at radius 1 is 0.815 bits per heavy atom. The van der Waals surface area contributed by atoms with Crippen LogP contribution in [-0.2, 0) is 0 Å². The van der Waals surface area contributed by atoms with Gasteiger partial charge in [-0.3, -0.25) is 0 Å². The first-order valence-electron chi connectivity index (χ1n) is 10.4. The number of fused-ring (bicyclic) bond motifs is 7. The molecule has 1 heteroatoms. The van der Waals surface area contributed by atoms with Crippen LogP contribution in [0.2, 0.25) is 0 Å². The van der Waals surface area contributed by atoms with Gasteiger partial charge in [0.15, 0.2) is 0 Å². The third kappa shape index (κ3) is 1.91. The molecule has 2 aliphatic heterocycles. The molecular weight excluding hydrogens is 344 g/mol. The maximum absolute atomic E-state index is 2.46. The monoisotopic (exact) mass is 370 g/mol. The summed E-state index contributed by atoms with van der Waals surface area (Å²) in [5.41, 5.74) is 6.14. The lowest BCUT2D eigenvalue weighted by atomic mass is 9.90. The van der Waals surface area contributed by atoms with Gasteiger partial charge in [-0.1, -0.05) is 48.6 Å². The number of benzene rings is 3. The van der Waals surface area contributed by atoms with E-state index in [0.29, 0.717) is 0 Å². The summed E-state index contributed by atoms with van der Waals surface area (Å²) >= 11 is 0. The van der Waals surface area contributed by atoms with E-state index >= 15 is 0 Å². The van der Waals surface area contributed by atoms with Crippen molar-refractivity contribution in [3.63, 3.8) is 0 Å². The highest BCUT2D eigenvalue weighted by atomic mass is 32.3. The molecule has 0 saturated carbocycles. The number of aryl methyl sites for hydroxylation is 2. The molecule has 3 aromatic rings. The van der Waals surface area contributed by atoms with Crippen molar-refractivity contribution in [3.05, 3.63) is 70.1 Å². The zero-order valence-corrected chi connectivity index (χ0v) is 17.1. The molecule has 27 heavy (non-hydrogen) atoms. The Bertz CT molecular complexity index is 1190. The zero-order chi connectivity index (χ0) is 18.2. The van der Waals surface area contributed by atoms with Crippen molar-refractivity contribution in [3.8, 4) is 0 Å². The molecule has 0 unspecified atom stereocenters. The first-order valence-corrected chi connectivity index (χ1v) is 12.3. The molecule has 1 saturated heterocycles. The molecule has 1 fully saturated rings. The summed E-state index contributed by atoms with van der Waals surface area (Å²) < 4.78 is 0. The minimum atomic E-state index is -0.792. The molecule has 0 aromatic heterocycles. The lowest BCUT2D eigenvalue weighted by Crippen LogP contribution is -2.05. The summed E-state index contributed by atoms with van der Waals surface area (Å²) in [6, 6.07) is 13.9. The van der Waals surface area contributed by atoms with Gasteiger partial charge >= 0.3 is 0 Å². The van der Waals surface area contributed by atoms with Gasteiger partial charge < -0.3 is 0 Å². The molecule has 0 N–H and O–H groups in total. The summed E-state index contributed by atoms with van der Waals surface area (Å²) in [6.07, 6.45) is 10.2. The molecule has 136 valence electrons. The Labute approximate surface area is 163 Å². The van der Waals surface area contributed by atoms with Crippen LogP contribution < -0.4 is 0 Å². The van der Waals surface area contributed by atoms with E-state index in [0.717, 1.165) is 0 Å². The average Bonchev–Trinajstić information content (AvgIpc) is 3.31. The van der Waals surface area contributed by atoms with Crippen LogP contribution in [0, 0.1) is 13.8 Å². The quantitative estimate of drug-likeness (QED) is 0.357. The summed E-state index contributed by atoms with van der Waals surface area (Å²) in [5, 5.41) is 5.97. The summed E-state index contributed by atoms with van der Waals surface area (Å²) in [6.45, 7) is 4.70. The van der Waals surface area contributed by atoms with Gasteiger partial charge in [-0.2, -0.15) is 10.0 Å². The normalized spacial score (nSPS) is 21.3. The zero-order valence-electron chi connectivity index (χ0n) is 16.3. The predicted molar refractivity (Wildman–Crippen MR) is 121 cm³/mol. The van der Waals surface area contributed by atoms with Gasteiger partial charge in [0.25, 0.3) is 0 Å². The second-order valence-electron chi connectivity index (χ2n) is 8.44. The van der Waals surface area contributed by atoms with Crippen molar-refractivity contribution in [2.75, 3.05) is 11.5 Å². The molecule has 3 aromatic carbocycles. The highest BCUT2D eigenvalue weighted by molar-refractivity contribution is 8.37. The Kier molecular flexibility index (Phi) is 3.27. The SMILES string of the molecule is Cc1c2ccccc2c(C)c2c3c(ccc12)C1=C(CCC=C1)S31CCCC1. The van der Waals surface area contributed by atoms with Gasteiger partial charge in [-0.15, -0.1) is 0 Å². The molecule has 1 aliphatic carbocycles. The fourth-order valence-corrected chi connectivity index (χ4v) is 11.1. The molecule has 2 heterocycles. The van der Waals surface area contributed by atoms with Gasteiger partial charge in [-0.05, 0) is 99.7 Å². The lowest BCUT2D eigenvalue weighted by molar-refractivity contribution is 0.949. The van der Waals surface area contributed by atoms with Crippen molar-refractivity contribution >= 4 is 37.1 Å². The van der Waals surface area contributed by atoms with Crippen LogP contribution in [0.4, 0.5) is 0 Å². The Morgan fingerprint density at radius 3 is 2.33 bits per heavy atom. The average molecular weight is 371 g/mol. The maximum atomic E-state index is 2.46. The van der Waals surface area contributed by atoms with E-state index in [4.69, 9.17) is 0 Å². The Hall–Kier alpha value is -1.99. The number of hydrogen-bond acceptors (Lipinski definition) is 0. The molecule has 0 nitrogen and oxygen atoms in total. The Morgan fingerprint density at radius 2 is 1.56 bits per heavy atom. The Balaban J connectivity index is 1.81. The molecular formula is C26H26S. The highest BCUT2D eigenvalue weighted by Crippen LogP contribution is 2.75. The molecule has 0 atom stereocenters.